The van der Waals surface area contributed by atoms with Crippen LogP contribution in [0.15, 0.2) is 57.1 Å². The molecule has 1 N–H and O–H groups in total. The molecular weight excluding hydrogens is 423 g/mol. The van der Waals surface area contributed by atoms with Crippen LogP contribution in [0.1, 0.15) is 5.56 Å². The summed E-state index contributed by atoms with van der Waals surface area (Å²) in [5, 5.41) is 11.0. The summed E-state index contributed by atoms with van der Waals surface area (Å²) in [6, 6.07) is 11.3. The van der Waals surface area contributed by atoms with Gasteiger partial charge in [-0.25, -0.2) is 4.39 Å². The minimum absolute atomic E-state index is 0.112. The summed E-state index contributed by atoms with van der Waals surface area (Å²) in [6.45, 7) is 0. The number of amidine groups is 1. The summed E-state index contributed by atoms with van der Waals surface area (Å²) in [6.07, 6.45) is 0. The quantitative estimate of drug-likeness (QED) is 0.739. The van der Waals surface area contributed by atoms with E-state index in [-0.39, 0.29) is 34.1 Å². The first-order valence-corrected chi connectivity index (χ1v) is 9.29. The molecule has 2 aromatic rings. The number of para-hydroxylation sites is 1. The molecule has 4 rings (SSSR count). The largest absolute Gasteiger partial charge is 0.320 e. The van der Waals surface area contributed by atoms with E-state index >= 15 is 0 Å². The van der Waals surface area contributed by atoms with Crippen LogP contribution in [0.5, 0.6) is 0 Å². The minimum atomic E-state index is -0.531. The van der Waals surface area contributed by atoms with E-state index in [0.29, 0.717) is 11.3 Å². The molecule has 0 radical (unpaired) electrons. The van der Waals surface area contributed by atoms with Crippen LogP contribution in [-0.4, -0.2) is 28.4 Å². The maximum Gasteiger partial charge on any atom is 0.276 e. The van der Waals surface area contributed by atoms with Crippen LogP contribution < -0.4 is 10.2 Å². The Morgan fingerprint density at radius 2 is 1.96 bits per heavy atom. The van der Waals surface area contributed by atoms with Gasteiger partial charge in [-0.1, -0.05) is 39.8 Å². The third kappa shape index (κ3) is 2.93. The zero-order chi connectivity index (χ0) is 18.3. The lowest BCUT2D eigenvalue weighted by Gasteiger charge is -2.15. The van der Waals surface area contributed by atoms with Gasteiger partial charge in [0.15, 0.2) is 10.9 Å². The van der Waals surface area contributed by atoms with E-state index in [1.54, 1.807) is 30.3 Å². The zero-order valence-corrected chi connectivity index (χ0v) is 15.5. The fourth-order valence-electron chi connectivity index (χ4n) is 2.62. The van der Waals surface area contributed by atoms with Crippen LogP contribution in [0.3, 0.4) is 0 Å². The van der Waals surface area contributed by atoms with Gasteiger partial charge in [-0.15, -0.1) is 10.2 Å². The number of amides is 2. The highest BCUT2D eigenvalue weighted by molar-refractivity contribution is 9.10. The van der Waals surface area contributed by atoms with Crippen LogP contribution in [0.2, 0.25) is 0 Å². The Hall–Kier alpha value is -2.52. The van der Waals surface area contributed by atoms with E-state index in [1.165, 1.54) is 17.0 Å². The lowest BCUT2D eigenvalue weighted by molar-refractivity contribution is -0.115. The van der Waals surface area contributed by atoms with Gasteiger partial charge in [0.2, 0.25) is 5.91 Å². The zero-order valence-electron chi connectivity index (χ0n) is 13.1. The number of carbonyl (C=O) groups is 2. The van der Waals surface area contributed by atoms with Crippen molar-refractivity contribution in [3.63, 3.8) is 0 Å². The Balaban J connectivity index is 1.74. The Kier molecular flexibility index (Phi) is 4.33. The molecule has 9 heteroatoms. The minimum Gasteiger partial charge on any atom is -0.320 e. The van der Waals surface area contributed by atoms with Crippen LogP contribution in [0.4, 0.5) is 15.8 Å². The first-order chi connectivity index (χ1) is 12.5. The van der Waals surface area contributed by atoms with Gasteiger partial charge in [0.1, 0.15) is 5.82 Å². The molecule has 0 aromatic heterocycles. The monoisotopic (exact) mass is 432 g/mol. The number of anilines is 2. The number of carbonyl (C=O) groups excluding carboxylic acids is 2. The molecule has 0 saturated carbocycles. The molecule has 2 amide bonds. The van der Waals surface area contributed by atoms with Crippen molar-refractivity contribution in [2.24, 2.45) is 10.2 Å². The summed E-state index contributed by atoms with van der Waals surface area (Å²) in [4.78, 5) is 25.5. The number of nitrogens with zero attached hydrogens (tertiary/aromatic N) is 3. The molecule has 1 fully saturated rings. The Morgan fingerprint density at radius 3 is 2.77 bits per heavy atom. The van der Waals surface area contributed by atoms with Crippen molar-refractivity contribution < 1.29 is 14.0 Å². The van der Waals surface area contributed by atoms with Crippen LogP contribution >= 0.6 is 27.7 Å². The number of rotatable bonds is 2. The summed E-state index contributed by atoms with van der Waals surface area (Å²) < 4.78 is 14.9. The normalized spacial score (nSPS) is 19.4. The number of hydrogen-bond donors (Lipinski definition) is 1. The molecule has 26 heavy (non-hydrogen) atoms. The molecule has 130 valence electrons. The predicted octanol–water partition coefficient (Wildman–Crippen LogP) is 3.38. The molecular formula is C17H10BrFN4O2S. The SMILES string of the molecule is O=C1Nc2ccc(Br)cc2C1=NN=C1SCC(=O)N1c1ccccc1F. The van der Waals surface area contributed by atoms with E-state index in [1.807, 2.05) is 0 Å². The van der Waals surface area contributed by atoms with E-state index in [0.717, 1.165) is 16.2 Å². The summed E-state index contributed by atoms with van der Waals surface area (Å²) in [7, 11) is 0. The molecule has 0 atom stereocenters. The smallest absolute Gasteiger partial charge is 0.276 e. The van der Waals surface area contributed by atoms with Gasteiger partial charge in [-0.2, -0.15) is 0 Å². The van der Waals surface area contributed by atoms with E-state index in [2.05, 4.69) is 31.4 Å². The molecule has 0 aliphatic carbocycles. The Bertz CT molecular complexity index is 1010. The second-order valence-corrected chi connectivity index (χ2v) is 7.30. The standard InChI is InChI=1S/C17H10BrFN4O2S/c18-9-5-6-12-10(7-9)15(16(25)20-12)21-22-17-23(14(24)8-26-17)13-4-2-1-3-11(13)19/h1-7H,8H2,(H,20,21,25). The fraction of sp³-hybridized carbons (Fsp3) is 0.0588. The van der Waals surface area contributed by atoms with Crippen molar-refractivity contribution in [3.05, 3.63) is 58.3 Å². The average Bonchev–Trinajstić information content (AvgIpc) is 3.13. The van der Waals surface area contributed by atoms with Crippen LogP contribution in [-0.2, 0) is 9.59 Å². The number of hydrogen-bond acceptors (Lipinski definition) is 5. The van der Waals surface area contributed by atoms with Crippen molar-refractivity contribution in [2.45, 2.75) is 0 Å². The maximum atomic E-state index is 14.1. The third-order valence-electron chi connectivity index (χ3n) is 3.79. The summed E-state index contributed by atoms with van der Waals surface area (Å²) >= 11 is 4.50. The lowest BCUT2D eigenvalue weighted by Crippen LogP contribution is -2.30. The van der Waals surface area contributed by atoms with Gasteiger partial charge < -0.3 is 5.32 Å². The highest BCUT2D eigenvalue weighted by Crippen LogP contribution is 2.30. The molecule has 0 unspecified atom stereocenters. The first kappa shape index (κ1) is 16.9. The second-order valence-electron chi connectivity index (χ2n) is 5.44. The molecule has 2 aliphatic heterocycles. The van der Waals surface area contributed by atoms with Gasteiger partial charge in [-0.3, -0.25) is 14.5 Å². The molecule has 0 spiro atoms. The number of nitrogens with one attached hydrogen (secondary N) is 1. The molecule has 0 bridgehead atoms. The molecule has 2 aromatic carbocycles. The summed E-state index contributed by atoms with van der Waals surface area (Å²) in [5.41, 5.74) is 1.50. The number of fused-ring (bicyclic) bond motifs is 1. The van der Waals surface area contributed by atoms with Crippen LogP contribution in [0, 0.1) is 5.82 Å². The average molecular weight is 433 g/mol. The topological polar surface area (TPSA) is 74.1 Å². The second kappa shape index (κ2) is 6.65. The number of halogens is 2. The third-order valence-corrected chi connectivity index (χ3v) is 5.20. The van der Waals surface area contributed by atoms with Crippen molar-refractivity contribution >= 4 is 61.8 Å². The van der Waals surface area contributed by atoms with Gasteiger partial charge >= 0.3 is 0 Å². The van der Waals surface area contributed by atoms with Crippen LogP contribution in [0.25, 0.3) is 0 Å². The van der Waals surface area contributed by atoms with Crippen molar-refractivity contribution in [2.75, 3.05) is 16.0 Å². The predicted molar refractivity (Wildman–Crippen MR) is 103 cm³/mol. The molecule has 2 aliphatic rings. The number of thioether (sulfide) groups is 1. The lowest BCUT2D eigenvalue weighted by atomic mass is 10.1. The Morgan fingerprint density at radius 1 is 1.15 bits per heavy atom. The number of benzene rings is 2. The maximum absolute atomic E-state index is 14.1. The van der Waals surface area contributed by atoms with E-state index in [4.69, 9.17) is 0 Å². The van der Waals surface area contributed by atoms with Crippen molar-refractivity contribution in [1.82, 2.24) is 0 Å². The Labute approximate surface area is 160 Å². The van der Waals surface area contributed by atoms with Crippen molar-refractivity contribution in [1.29, 1.82) is 0 Å². The highest BCUT2D eigenvalue weighted by Gasteiger charge is 2.32. The highest BCUT2D eigenvalue weighted by atomic mass is 79.9. The van der Waals surface area contributed by atoms with Gasteiger partial charge in [0, 0.05) is 10.0 Å². The molecule has 6 nitrogen and oxygen atoms in total. The first-order valence-electron chi connectivity index (χ1n) is 7.52. The summed E-state index contributed by atoms with van der Waals surface area (Å²) in [5.74, 6) is -1.07. The van der Waals surface area contributed by atoms with Gasteiger partial charge in [-0.05, 0) is 30.3 Å². The van der Waals surface area contributed by atoms with E-state index in [9.17, 15) is 14.0 Å². The molecule has 1 saturated heterocycles. The van der Waals surface area contributed by atoms with Gasteiger partial charge in [0.25, 0.3) is 5.91 Å². The molecule has 2 heterocycles. The van der Waals surface area contributed by atoms with Gasteiger partial charge in [0.05, 0.1) is 17.1 Å². The van der Waals surface area contributed by atoms with Crippen molar-refractivity contribution in [3.8, 4) is 0 Å². The van der Waals surface area contributed by atoms with E-state index < -0.39 is 5.82 Å². The fourth-order valence-corrected chi connectivity index (χ4v) is 3.79.